The summed E-state index contributed by atoms with van der Waals surface area (Å²) in [4.78, 5) is 0. The number of nitrogens with one attached hydrogen (secondary N) is 1. The first-order valence-corrected chi connectivity index (χ1v) is 6.48. The minimum absolute atomic E-state index is 0.218. The second kappa shape index (κ2) is 7.74. The van der Waals surface area contributed by atoms with Gasteiger partial charge >= 0.3 is 0 Å². The number of aliphatic hydroxyl groups is 1. The fourth-order valence-electron chi connectivity index (χ4n) is 1.36. The van der Waals surface area contributed by atoms with Crippen LogP contribution in [-0.2, 0) is 5.75 Å². The molecule has 0 aliphatic heterocycles. The lowest BCUT2D eigenvalue weighted by atomic mass is 10.2. The van der Waals surface area contributed by atoms with Crippen molar-refractivity contribution in [2.75, 3.05) is 18.9 Å². The average molecular weight is 225 g/mol. The Morgan fingerprint density at radius 3 is 2.67 bits per heavy atom. The monoisotopic (exact) mass is 225 g/mol. The molecule has 0 radical (unpaired) electrons. The molecular formula is C12H19NOS. The molecule has 0 saturated carbocycles. The highest BCUT2D eigenvalue weighted by molar-refractivity contribution is 7.98. The molecule has 15 heavy (non-hydrogen) atoms. The van der Waals surface area contributed by atoms with Gasteiger partial charge in [-0.2, -0.15) is 11.8 Å². The van der Waals surface area contributed by atoms with E-state index in [9.17, 15) is 0 Å². The van der Waals surface area contributed by atoms with Gasteiger partial charge in [0.05, 0.1) is 6.61 Å². The lowest BCUT2D eigenvalue weighted by molar-refractivity contribution is 0.255. The first-order valence-electron chi connectivity index (χ1n) is 5.32. The zero-order chi connectivity index (χ0) is 10.9. The number of aliphatic hydroxyl groups excluding tert-OH is 1. The van der Waals surface area contributed by atoms with Gasteiger partial charge in [0.1, 0.15) is 0 Å². The van der Waals surface area contributed by atoms with Gasteiger partial charge in [0.15, 0.2) is 0 Å². The largest absolute Gasteiger partial charge is 0.395 e. The van der Waals surface area contributed by atoms with Crippen molar-refractivity contribution in [1.82, 2.24) is 5.32 Å². The van der Waals surface area contributed by atoms with E-state index in [4.69, 9.17) is 5.11 Å². The maximum Gasteiger partial charge on any atom is 0.0592 e. The molecule has 0 saturated heterocycles. The summed E-state index contributed by atoms with van der Waals surface area (Å²) < 4.78 is 0. The van der Waals surface area contributed by atoms with Crippen LogP contribution in [0.5, 0.6) is 0 Å². The van der Waals surface area contributed by atoms with Gasteiger partial charge < -0.3 is 10.4 Å². The highest BCUT2D eigenvalue weighted by atomic mass is 32.2. The van der Waals surface area contributed by atoms with E-state index in [2.05, 4.69) is 36.5 Å². The molecule has 0 spiro atoms. The quantitative estimate of drug-likeness (QED) is 0.743. The Kier molecular flexibility index (Phi) is 6.48. The van der Waals surface area contributed by atoms with Crippen LogP contribution in [0, 0.1) is 0 Å². The Hall–Kier alpha value is -0.510. The summed E-state index contributed by atoms with van der Waals surface area (Å²) in [6.07, 6.45) is 0. The Balaban J connectivity index is 2.20. The Labute approximate surface area is 96.1 Å². The van der Waals surface area contributed by atoms with E-state index in [1.54, 1.807) is 0 Å². The van der Waals surface area contributed by atoms with Crippen LogP contribution in [0.25, 0.3) is 0 Å². The Morgan fingerprint density at radius 1 is 1.33 bits per heavy atom. The highest BCUT2D eigenvalue weighted by Gasteiger charge is 2.04. The number of hydrogen-bond donors (Lipinski definition) is 2. The molecule has 0 unspecified atom stereocenters. The summed E-state index contributed by atoms with van der Waals surface area (Å²) >= 11 is 1.86. The van der Waals surface area contributed by atoms with Gasteiger partial charge in [-0.25, -0.2) is 0 Å². The van der Waals surface area contributed by atoms with Gasteiger partial charge in [-0.3, -0.25) is 0 Å². The van der Waals surface area contributed by atoms with Crippen molar-refractivity contribution in [2.45, 2.75) is 18.7 Å². The minimum Gasteiger partial charge on any atom is -0.395 e. The molecule has 2 nitrogen and oxygen atoms in total. The van der Waals surface area contributed by atoms with Crippen LogP contribution in [0.2, 0.25) is 0 Å². The molecule has 0 aliphatic rings. The summed E-state index contributed by atoms with van der Waals surface area (Å²) in [5, 5.41) is 12.3. The maximum absolute atomic E-state index is 9.08. The predicted octanol–water partition coefficient (Wildman–Crippen LogP) is 1.89. The molecule has 0 heterocycles. The topological polar surface area (TPSA) is 32.3 Å². The minimum atomic E-state index is 0.218. The summed E-state index contributed by atoms with van der Waals surface area (Å²) in [5.74, 6) is 1.97. The van der Waals surface area contributed by atoms with E-state index < -0.39 is 0 Å². The van der Waals surface area contributed by atoms with Gasteiger partial charge in [-0.1, -0.05) is 37.3 Å². The summed E-state index contributed by atoms with van der Waals surface area (Å²) in [6, 6.07) is 10.6. The first kappa shape index (κ1) is 12.6. The number of rotatable bonds is 7. The van der Waals surface area contributed by atoms with Gasteiger partial charge in [0.25, 0.3) is 0 Å². The third kappa shape index (κ3) is 5.21. The molecule has 1 aromatic rings. The van der Waals surface area contributed by atoms with Gasteiger partial charge in [0, 0.05) is 17.5 Å². The molecular weight excluding hydrogens is 206 g/mol. The molecule has 0 aliphatic carbocycles. The van der Waals surface area contributed by atoms with Crippen LogP contribution in [0.3, 0.4) is 0 Å². The fourth-order valence-corrected chi connectivity index (χ4v) is 2.41. The van der Waals surface area contributed by atoms with Crippen LogP contribution in [0.15, 0.2) is 30.3 Å². The lowest BCUT2D eigenvalue weighted by Gasteiger charge is -2.14. The zero-order valence-corrected chi connectivity index (χ0v) is 9.96. The van der Waals surface area contributed by atoms with Crippen molar-refractivity contribution in [2.24, 2.45) is 0 Å². The number of likely N-dealkylation sites (N-methyl/N-ethyl adjacent to an activating group) is 1. The molecule has 2 N–H and O–H groups in total. The standard InChI is InChI=1S/C12H19NOS/c1-2-13-12(8-14)10-15-9-11-6-4-3-5-7-11/h3-7,12-14H,2,8-10H2,1H3/t12-/m1/s1. The van der Waals surface area contributed by atoms with E-state index in [1.807, 2.05) is 17.8 Å². The Bertz CT molecular complexity index is 253. The van der Waals surface area contributed by atoms with E-state index in [1.165, 1.54) is 5.56 Å². The molecule has 0 fully saturated rings. The molecule has 3 heteroatoms. The van der Waals surface area contributed by atoms with Crippen molar-refractivity contribution < 1.29 is 5.11 Å². The van der Waals surface area contributed by atoms with Crippen molar-refractivity contribution >= 4 is 11.8 Å². The van der Waals surface area contributed by atoms with Crippen LogP contribution >= 0.6 is 11.8 Å². The van der Waals surface area contributed by atoms with Crippen molar-refractivity contribution in [3.63, 3.8) is 0 Å². The van der Waals surface area contributed by atoms with E-state index in [0.717, 1.165) is 18.1 Å². The first-order chi connectivity index (χ1) is 7.36. The third-order valence-corrected chi connectivity index (χ3v) is 3.32. The normalized spacial score (nSPS) is 12.7. The van der Waals surface area contributed by atoms with Gasteiger partial charge in [-0.15, -0.1) is 0 Å². The number of thioether (sulfide) groups is 1. The second-order valence-corrected chi connectivity index (χ2v) is 4.47. The van der Waals surface area contributed by atoms with Crippen LogP contribution in [0.4, 0.5) is 0 Å². The molecule has 0 bridgehead atoms. The molecule has 1 rings (SSSR count). The zero-order valence-electron chi connectivity index (χ0n) is 9.15. The highest BCUT2D eigenvalue weighted by Crippen LogP contribution is 2.12. The van der Waals surface area contributed by atoms with Crippen LogP contribution in [0.1, 0.15) is 12.5 Å². The molecule has 1 atom stereocenters. The summed E-state index contributed by atoms with van der Waals surface area (Å²) in [5.41, 5.74) is 1.34. The predicted molar refractivity (Wildman–Crippen MR) is 67.2 cm³/mol. The average Bonchev–Trinajstić information content (AvgIpc) is 2.29. The van der Waals surface area contributed by atoms with Crippen molar-refractivity contribution in [3.05, 3.63) is 35.9 Å². The number of hydrogen-bond acceptors (Lipinski definition) is 3. The molecule has 1 aromatic carbocycles. The Morgan fingerprint density at radius 2 is 2.07 bits per heavy atom. The maximum atomic E-state index is 9.08. The van der Waals surface area contributed by atoms with E-state index in [0.29, 0.717) is 0 Å². The van der Waals surface area contributed by atoms with Gasteiger partial charge in [-0.05, 0) is 12.1 Å². The van der Waals surface area contributed by atoms with E-state index >= 15 is 0 Å². The second-order valence-electron chi connectivity index (χ2n) is 3.44. The molecule has 0 aromatic heterocycles. The number of benzene rings is 1. The van der Waals surface area contributed by atoms with E-state index in [-0.39, 0.29) is 12.6 Å². The molecule has 84 valence electrons. The SMILES string of the molecule is CCN[C@H](CO)CSCc1ccccc1. The van der Waals surface area contributed by atoms with Gasteiger partial charge in [0.2, 0.25) is 0 Å². The lowest BCUT2D eigenvalue weighted by Crippen LogP contribution is -2.34. The van der Waals surface area contributed by atoms with Crippen LogP contribution in [-0.4, -0.2) is 30.1 Å². The fraction of sp³-hybridized carbons (Fsp3) is 0.500. The van der Waals surface area contributed by atoms with Crippen LogP contribution < -0.4 is 5.32 Å². The summed E-state index contributed by atoms with van der Waals surface area (Å²) in [7, 11) is 0. The van der Waals surface area contributed by atoms with Crippen molar-refractivity contribution in [3.8, 4) is 0 Å². The third-order valence-electron chi connectivity index (χ3n) is 2.14. The molecule has 0 amide bonds. The summed E-state index contributed by atoms with van der Waals surface area (Å²) in [6.45, 7) is 3.19. The smallest absolute Gasteiger partial charge is 0.0592 e. The van der Waals surface area contributed by atoms with Crippen molar-refractivity contribution in [1.29, 1.82) is 0 Å².